The van der Waals surface area contributed by atoms with Crippen molar-refractivity contribution < 1.29 is 4.79 Å². The SMILES string of the molecule is O=C(NC(Cc1ccccc1)c1ccccc1)c1ccc(Cl)nc1. The third-order valence-electron chi connectivity index (χ3n) is 3.78. The number of pyridine rings is 1. The van der Waals surface area contributed by atoms with E-state index in [0.717, 1.165) is 12.0 Å². The summed E-state index contributed by atoms with van der Waals surface area (Å²) < 4.78 is 0. The fraction of sp³-hybridized carbons (Fsp3) is 0.100. The Labute approximate surface area is 146 Å². The van der Waals surface area contributed by atoms with E-state index in [9.17, 15) is 4.79 Å². The minimum atomic E-state index is -0.163. The molecule has 0 aliphatic heterocycles. The van der Waals surface area contributed by atoms with Gasteiger partial charge in [0.25, 0.3) is 5.91 Å². The lowest BCUT2D eigenvalue weighted by Crippen LogP contribution is -2.30. The van der Waals surface area contributed by atoms with Crippen LogP contribution in [-0.4, -0.2) is 10.9 Å². The molecule has 1 unspecified atom stereocenters. The molecule has 3 rings (SSSR count). The van der Waals surface area contributed by atoms with E-state index >= 15 is 0 Å². The third kappa shape index (κ3) is 4.21. The van der Waals surface area contributed by atoms with Crippen LogP contribution in [0.1, 0.15) is 27.5 Å². The van der Waals surface area contributed by atoms with Crippen molar-refractivity contribution in [2.45, 2.75) is 12.5 Å². The molecule has 0 bridgehead atoms. The molecule has 2 aromatic carbocycles. The summed E-state index contributed by atoms with van der Waals surface area (Å²) in [5.41, 5.74) is 2.73. The van der Waals surface area contributed by atoms with E-state index in [1.165, 1.54) is 11.8 Å². The van der Waals surface area contributed by atoms with Crippen molar-refractivity contribution in [2.75, 3.05) is 0 Å². The Kier molecular flexibility index (Phi) is 5.24. The first kappa shape index (κ1) is 16.2. The fourth-order valence-corrected chi connectivity index (χ4v) is 2.65. The maximum absolute atomic E-state index is 12.5. The lowest BCUT2D eigenvalue weighted by molar-refractivity contribution is 0.0936. The molecule has 0 saturated heterocycles. The van der Waals surface area contributed by atoms with Crippen LogP contribution >= 0.6 is 11.6 Å². The van der Waals surface area contributed by atoms with Crippen molar-refractivity contribution >= 4 is 17.5 Å². The first-order valence-electron chi connectivity index (χ1n) is 7.73. The van der Waals surface area contributed by atoms with Crippen molar-refractivity contribution in [3.8, 4) is 0 Å². The minimum Gasteiger partial charge on any atom is -0.345 e. The normalized spacial score (nSPS) is 11.7. The van der Waals surface area contributed by atoms with Gasteiger partial charge in [-0.1, -0.05) is 72.3 Å². The highest BCUT2D eigenvalue weighted by molar-refractivity contribution is 6.29. The number of aromatic nitrogens is 1. The average molecular weight is 337 g/mol. The van der Waals surface area contributed by atoms with E-state index in [1.54, 1.807) is 12.1 Å². The predicted octanol–water partition coefficient (Wildman–Crippen LogP) is 4.45. The van der Waals surface area contributed by atoms with Gasteiger partial charge in [-0.15, -0.1) is 0 Å². The highest BCUT2D eigenvalue weighted by Gasteiger charge is 2.16. The molecule has 1 aromatic heterocycles. The van der Waals surface area contributed by atoms with Gasteiger partial charge < -0.3 is 5.32 Å². The van der Waals surface area contributed by atoms with E-state index in [0.29, 0.717) is 10.7 Å². The van der Waals surface area contributed by atoms with Crippen LogP contribution < -0.4 is 5.32 Å². The van der Waals surface area contributed by atoms with Gasteiger partial charge in [-0.3, -0.25) is 4.79 Å². The summed E-state index contributed by atoms with van der Waals surface area (Å²) >= 11 is 5.78. The van der Waals surface area contributed by atoms with Gasteiger partial charge in [0.1, 0.15) is 5.15 Å². The lowest BCUT2D eigenvalue weighted by Gasteiger charge is -2.19. The van der Waals surface area contributed by atoms with Crippen LogP contribution in [0.2, 0.25) is 5.15 Å². The van der Waals surface area contributed by atoms with Crippen molar-refractivity contribution in [1.29, 1.82) is 0 Å². The van der Waals surface area contributed by atoms with E-state index in [-0.39, 0.29) is 11.9 Å². The molecule has 3 nitrogen and oxygen atoms in total. The smallest absolute Gasteiger partial charge is 0.253 e. The first-order valence-corrected chi connectivity index (χ1v) is 8.11. The summed E-state index contributed by atoms with van der Waals surface area (Å²) in [7, 11) is 0. The Morgan fingerprint density at radius 1 is 0.958 bits per heavy atom. The Hall–Kier alpha value is -2.65. The van der Waals surface area contributed by atoms with Gasteiger partial charge in [-0.25, -0.2) is 4.98 Å². The fourth-order valence-electron chi connectivity index (χ4n) is 2.54. The number of benzene rings is 2. The second kappa shape index (κ2) is 7.75. The predicted molar refractivity (Wildman–Crippen MR) is 96.0 cm³/mol. The number of nitrogens with zero attached hydrogens (tertiary/aromatic N) is 1. The van der Waals surface area contributed by atoms with Gasteiger partial charge in [0, 0.05) is 6.20 Å². The molecule has 1 atom stereocenters. The molecule has 4 heteroatoms. The summed E-state index contributed by atoms with van der Waals surface area (Å²) in [6.07, 6.45) is 2.21. The van der Waals surface area contributed by atoms with Crippen LogP contribution in [0.4, 0.5) is 0 Å². The molecule has 0 radical (unpaired) electrons. The lowest BCUT2D eigenvalue weighted by atomic mass is 9.98. The second-order valence-electron chi connectivity index (χ2n) is 5.50. The maximum Gasteiger partial charge on any atom is 0.253 e. The molecule has 0 aliphatic rings. The van der Waals surface area contributed by atoms with Crippen molar-refractivity contribution in [3.05, 3.63) is 101 Å². The Bertz CT molecular complexity index is 789. The van der Waals surface area contributed by atoms with E-state index < -0.39 is 0 Å². The Balaban J connectivity index is 1.82. The molecule has 120 valence electrons. The van der Waals surface area contributed by atoms with E-state index in [2.05, 4.69) is 22.4 Å². The zero-order valence-electron chi connectivity index (χ0n) is 13.0. The zero-order valence-corrected chi connectivity index (χ0v) is 13.8. The van der Waals surface area contributed by atoms with Crippen molar-refractivity contribution in [3.63, 3.8) is 0 Å². The molecule has 3 aromatic rings. The minimum absolute atomic E-state index is 0.114. The summed E-state index contributed by atoms with van der Waals surface area (Å²) in [5.74, 6) is -0.163. The zero-order chi connectivity index (χ0) is 16.8. The van der Waals surface area contributed by atoms with Gasteiger partial charge in [0.2, 0.25) is 0 Å². The molecular formula is C20H17ClN2O. The quantitative estimate of drug-likeness (QED) is 0.699. The maximum atomic E-state index is 12.5. The monoisotopic (exact) mass is 336 g/mol. The third-order valence-corrected chi connectivity index (χ3v) is 4.00. The number of carbonyl (C=O) groups excluding carboxylic acids is 1. The van der Waals surface area contributed by atoms with Gasteiger partial charge in [0.15, 0.2) is 0 Å². The molecule has 0 saturated carbocycles. The molecule has 1 amide bonds. The summed E-state index contributed by atoms with van der Waals surface area (Å²) in [5, 5.41) is 3.47. The van der Waals surface area contributed by atoms with Gasteiger partial charge in [-0.05, 0) is 29.7 Å². The summed E-state index contributed by atoms with van der Waals surface area (Å²) in [6.45, 7) is 0. The largest absolute Gasteiger partial charge is 0.345 e. The number of hydrogen-bond donors (Lipinski definition) is 1. The number of nitrogens with one attached hydrogen (secondary N) is 1. The second-order valence-corrected chi connectivity index (χ2v) is 5.88. The van der Waals surface area contributed by atoms with Crippen LogP contribution in [-0.2, 0) is 6.42 Å². The standard InChI is InChI=1S/C20H17ClN2O/c21-19-12-11-17(14-22-19)20(24)23-18(16-9-5-2-6-10-16)13-15-7-3-1-4-8-15/h1-12,14,18H,13H2,(H,23,24). The highest BCUT2D eigenvalue weighted by Crippen LogP contribution is 2.19. The number of amides is 1. The van der Waals surface area contributed by atoms with Gasteiger partial charge >= 0.3 is 0 Å². The number of carbonyl (C=O) groups is 1. The van der Waals surface area contributed by atoms with Crippen LogP contribution in [0, 0.1) is 0 Å². The van der Waals surface area contributed by atoms with Crippen LogP contribution in [0.15, 0.2) is 79.0 Å². The van der Waals surface area contributed by atoms with E-state index in [1.807, 2.05) is 48.5 Å². The molecular weight excluding hydrogens is 320 g/mol. The van der Waals surface area contributed by atoms with Gasteiger partial charge in [0.05, 0.1) is 11.6 Å². The topological polar surface area (TPSA) is 42.0 Å². The average Bonchev–Trinajstić information content (AvgIpc) is 2.63. The van der Waals surface area contributed by atoms with E-state index in [4.69, 9.17) is 11.6 Å². The molecule has 0 fully saturated rings. The number of halogens is 1. The van der Waals surface area contributed by atoms with Crippen molar-refractivity contribution in [1.82, 2.24) is 10.3 Å². The Morgan fingerprint density at radius 2 is 1.62 bits per heavy atom. The van der Waals surface area contributed by atoms with Crippen LogP contribution in [0.25, 0.3) is 0 Å². The van der Waals surface area contributed by atoms with Crippen LogP contribution in [0.3, 0.4) is 0 Å². The molecule has 24 heavy (non-hydrogen) atoms. The van der Waals surface area contributed by atoms with Crippen molar-refractivity contribution in [2.24, 2.45) is 0 Å². The molecule has 0 aliphatic carbocycles. The van der Waals surface area contributed by atoms with Crippen LogP contribution in [0.5, 0.6) is 0 Å². The molecule has 0 spiro atoms. The molecule has 1 N–H and O–H groups in total. The first-order chi connectivity index (χ1) is 11.7. The summed E-state index contributed by atoms with van der Waals surface area (Å²) in [4.78, 5) is 16.5. The number of hydrogen-bond acceptors (Lipinski definition) is 2. The summed E-state index contributed by atoms with van der Waals surface area (Å²) in [6, 6.07) is 23.3. The highest BCUT2D eigenvalue weighted by atomic mass is 35.5. The molecule has 1 heterocycles. The van der Waals surface area contributed by atoms with Gasteiger partial charge in [-0.2, -0.15) is 0 Å². The number of rotatable bonds is 5. The Morgan fingerprint density at radius 3 is 2.25 bits per heavy atom.